The Hall–Kier alpha value is -5.14. The second-order valence-corrected chi connectivity index (χ2v) is 18.4. The van der Waals surface area contributed by atoms with Crippen LogP contribution in [-0.4, -0.2) is 89.2 Å². The lowest BCUT2D eigenvalue weighted by Crippen LogP contribution is -2.61. The molecule has 1 rings (SSSR count). The Morgan fingerprint density at radius 3 is 1.33 bits per heavy atom. The molecule has 0 aromatic rings. The van der Waals surface area contributed by atoms with Crippen molar-refractivity contribution in [3.05, 3.63) is 134 Å². The van der Waals surface area contributed by atoms with Gasteiger partial charge in [-0.05, 0) is 116 Å². The molecule has 6 unspecified atom stereocenters. The minimum Gasteiger partial charge on any atom is -0.479 e. The van der Waals surface area contributed by atoms with E-state index in [9.17, 15) is 34.5 Å². The first-order chi connectivity index (χ1) is 36.6. The van der Waals surface area contributed by atoms with Gasteiger partial charge in [0.1, 0.15) is 18.8 Å². The maximum absolute atomic E-state index is 13.1. The SMILES string of the molecule is CC/C=C\C/C=C\C/C=C\C/C=C\C/C=C\CCCC(=O)OCC(COC1OC(C(=O)O)C(O)C(O)C1OC(=O)CCC/C=C\C/C=C\C/C=C\C/C=C\C/C=C\CC)OC(=O)CCCCCCC/C=C\CCCC. The number of carbonyl (C=O) groups is 4. The van der Waals surface area contributed by atoms with E-state index in [1.807, 2.05) is 24.3 Å². The smallest absolute Gasteiger partial charge is 0.335 e. The van der Waals surface area contributed by atoms with Gasteiger partial charge in [-0.2, -0.15) is 0 Å². The number of aliphatic hydroxyl groups excluding tert-OH is 2. The number of unbranched alkanes of at least 4 members (excludes halogenated alkanes) is 9. The average Bonchev–Trinajstić information content (AvgIpc) is 3.39. The predicted molar refractivity (Wildman–Crippen MR) is 303 cm³/mol. The highest BCUT2D eigenvalue weighted by molar-refractivity contribution is 5.74. The van der Waals surface area contributed by atoms with Crippen LogP contribution in [0.4, 0.5) is 0 Å². The van der Waals surface area contributed by atoms with Gasteiger partial charge >= 0.3 is 23.9 Å². The zero-order valence-electron chi connectivity index (χ0n) is 46.0. The fourth-order valence-electron chi connectivity index (χ4n) is 7.42. The van der Waals surface area contributed by atoms with E-state index in [1.54, 1.807) is 0 Å². The van der Waals surface area contributed by atoms with E-state index < -0.39 is 67.3 Å². The van der Waals surface area contributed by atoms with Crippen LogP contribution in [0, 0.1) is 0 Å². The van der Waals surface area contributed by atoms with Crippen molar-refractivity contribution in [3.63, 3.8) is 0 Å². The summed E-state index contributed by atoms with van der Waals surface area (Å²) >= 11 is 0. The lowest BCUT2D eigenvalue weighted by molar-refractivity contribution is -0.301. The highest BCUT2D eigenvalue weighted by Gasteiger charge is 2.50. The zero-order chi connectivity index (χ0) is 54.7. The number of aliphatic carboxylic acids is 1. The first-order valence-corrected chi connectivity index (χ1v) is 28.2. The first kappa shape index (κ1) is 67.9. The molecule has 420 valence electrons. The Bertz CT molecular complexity index is 1810. The Balaban J connectivity index is 2.78. The number of allylic oxidation sites excluding steroid dienone is 22. The van der Waals surface area contributed by atoms with Gasteiger partial charge in [0, 0.05) is 19.3 Å². The van der Waals surface area contributed by atoms with Crippen molar-refractivity contribution in [2.45, 2.75) is 225 Å². The molecule has 12 nitrogen and oxygen atoms in total. The van der Waals surface area contributed by atoms with E-state index >= 15 is 0 Å². The summed E-state index contributed by atoms with van der Waals surface area (Å²) in [5.74, 6) is -3.31. The number of hydrogen-bond acceptors (Lipinski definition) is 11. The monoisotopic (exact) mass is 1040 g/mol. The Labute approximate surface area is 451 Å². The van der Waals surface area contributed by atoms with Crippen LogP contribution in [0.25, 0.3) is 0 Å². The van der Waals surface area contributed by atoms with Crippen LogP contribution in [0.5, 0.6) is 0 Å². The maximum atomic E-state index is 13.1. The van der Waals surface area contributed by atoms with E-state index in [0.717, 1.165) is 103 Å². The fraction of sp³-hybridized carbons (Fsp3) is 0.587. The van der Waals surface area contributed by atoms with Gasteiger partial charge in [-0.25, -0.2) is 4.79 Å². The molecule has 0 amide bonds. The van der Waals surface area contributed by atoms with Gasteiger partial charge in [-0.3, -0.25) is 14.4 Å². The number of aliphatic hydroxyl groups is 2. The predicted octanol–water partition coefficient (Wildman–Crippen LogP) is 14.2. The van der Waals surface area contributed by atoms with Crippen LogP contribution >= 0.6 is 0 Å². The van der Waals surface area contributed by atoms with Crippen molar-refractivity contribution in [1.82, 2.24) is 0 Å². The molecule has 3 N–H and O–H groups in total. The fourth-order valence-corrected chi connectivity index (χ4v) is 7.42. The second kappa shape index (κ2) is 49.7. The van der Waals surface area contributed by atoms with Gasteiger partial charge in [-0.1, -0.05) is 187 Å². The second-order valence-electron chi connectivity index (χ2n) is 18.4. The third kappa shape index (κ3) is 39.9. The van der Waals surface area contributed by atoms with Crippen LogP contribution in [-0.2, 0) is 42.9 Å². The Kier molecular flexibility index (Phi) is 45.0. The summed E-state index contributed by atoms with van der Waals surface area (Å²) < 4.78 is 28.2. The van der Waals surface area contributed by atoms with Crippen LogP contribution in [0.1, 0.15) is 188 Å². The van der Waals surface area contributed by atoms with Gasteiger partial charge in [0.2, 0.25) is 0 Å². The van der Waals surface area contributed by atoms with Gasteiger partial charge in [0.05, 0.1) is 6.61 Å². The molecular formula is C63H96O12. The molecule has 0 saturated carbocycles. The topological polar surface area (TPSA) is 175 Å². The van der Waals surface area contributed by atoms with E-state index in [0.29, 0.717) is 32.1 Å². The lowest BCUT2D eigenvalue weighted by atomic mass is 9.98. The third-order valence-corrected chi connectivity index (χ3v) is 11.7. The summed E-state index contributed by atoms with van der Waals surface area (Å²) in [6.45, 7) is 5.61. The molecule has 1 aliphatic rings. The number of ether oxygens (including phenoxy) is 5. The van der Waals surface area contributed by atoms with E-state index in [2.05, 4.69) is 130 Å². The molecule has 1 aliphatic heterocycles. The highest BCUT2D eigenvalue weighted by atomic mass is 16.7. The first-order valence-electron chi connectivity index (χ1n) is 28.2. The molecular weight excluding hydrogens is 949 g/mol. The number of carboxylic acid groups (broad SMARTS) is 1. The largest absolute Gasteiger partial charge is 0.479 e. The molecule has 0 aromatic heterocycles. The summed E-state index contributed by atoms with van der Waals surface area (Å²) in [6, 6.07) is 0. The van der Waals surface area contributed by atoms with E-state index in [4.69, 9.17) is 23.7 Å². The van der Waals surface area contributed by atoms with Crippen molar-refractivity contribution in [1.29, 1.82) is 0 Å². The van der Waals surface area contributed by atoms with Crippen molar-refractivity contribution in [3.8, 4) is 0 Å². The summed E-state index contributed by atoms with van der Waals surface area (Å²) in [5.41, 5.74) is 0. The summed E-state index contributed by atoms with van der Waals surface area (Å²) in [5, 5.41) is 31.4. The average molecular weight is 1050 g/mol. The Morgan fingerprint density at radius 2 is 0.853 bits per heavy atom. The number of esters is 3. The minimum absolute atomic E-state index is 0.0317. The summed E-state index contributed by atoms with van der Waals surface area (Å²) in [7, 11) is 0. The number of hydrogen-bond donors (Lipinski definition) is 3. The molecule has 0 aliphatic carbocycles. The van der Waals surface area contributed by atoms with E-state index in [1.165, 1.54) is 12.8 Å². The van der Waals surface area contributed by atoms with Crippen LogP contribution < -0.4 is 0 Å². The molecule has 1 saturated heterocycles. The molecule has 75 heavy (non-hydrogen) atoms. The maximum Gasteiger partial charge on any atom is 0.335 e. The number of carbonyl (C=O) groups excluding carboxylic acids is 3. The van der Waals surface area contributed by atoms with Gasteiger partial charge in [-0.15, -0.1) is 0 Å². The number of carboxylic acids is 1. The van der Waals surface area contributed by atoms with Crippen molar-refractivity contribution in [2.75, 3.05) is 13.2 Å². The van der Waals surface area contributed by atoms with Crippen molar-refractivity contribution >= 4 is 23.9 Å². The normalized spacial score (nSPS) is 19.2. The molecule has 0 bridgehead atoms. The van der Waals surface area contributed by atoms with Crippen LogP contribution in [0.15, 0.2) is 134 Å². The van der Waals surface area contributed by atoms with Gasteiger partial charge in [0.15, 0.2) is 24.6 Å². The number of rotatable bonds is 45. The highest BCUT2D eigenvalue weighted by Crippen LogP contribution is 2.26. The third-order valence-electron chi connectivity index (χ3n) is 11.7. The molecule has 12 heteroatoms. The van der Waals surface area contributed by atoms with Crippen LogP contribution in [0.3, 0.4) is 0 Å². The lowest BCUT2D eigenvalue weighted by Gasteiger charge is -2.40. The Morgan fingerprint density at radius 1 is 0.453 bits per heavy atom. The molecule has 1 fully saturated rings. The van der Waals surface area contributed by atoms with Gasteiger partial charge in [0.25, 0.3) is 0 Å². The summed E-state index contributed by atoms with van der Waals surface area (Å²) in [6.07, 6.45) is 57.3. The van der Waals surface area contributed by atoms with Crippen molar-refractivity contribution in [2.24, 2.45) is 0 Å². The molecule has 1 heterocycles. The van der Waals surface area contributed by atoms with Gasteiger partial charge < -0.3 is 39.0 Å². The standard InChI is InChI=1S/C63H96O12/c1-4-7-10-13-16-19-22-24-26-28-30-32-35-37-40-43-46-49-55(64)71-52-54(73-56(65)50-47-44-41-38-34-21-18-15-12-9-6-3)53-72-63-61(59(68)58(67)60(75-63)62(69)70)74-57(66)51-48-45-42-39-36-33-31-29-27-25-23-20-17-14-11-8-5-2/h7-8,10-11,15-20,24-27,30-33,37,39-40,42,54,58-61,63,67-68H,4-6,9,12-14,21-23,28-29,34-36,38,41,43-53H2,1-3H3,(H,69,70)/b10-7-,11-8-,18-15-,19-16-,20-17-,26-24-,27-25-,32-30-,33-31-,40-37-,42-39-. The molecule has 6 atom stereocenters. The van der Waals surface area contributed by atoms with E-state index in [-0.39, 0.29) is 25.9 Å². The van der Waals surface area contributed by atoms with Crippen molar-refractivity contribution < 1.29 is 58.2 Å². The molecule has 0 radical (unpaired) electrons. The summed E-state index contributed by atoms with van der Waals surface area (Å²) in [4.78, 5) is 51.0. The molecule has 0 aromatic carbocycles. The quantitative estimate of drug-likeness (QED) is 0.0228. The van der Waals surface area contributed by atoms with Crippen LogP contribution in [0.2, 0.25) is 0 Å². The minimum atomic E-state index is -1.94. The molecule has 0 spiro atoms. The zero-order valence-corrected chi connectivity index (χ0v) is 46.0.